The van der Waals surface area contributed by atoms with Gasteiger partial charge >= 0.3 is 0 Å². The Balaban J connectivity index is 1.79. The summed E-state index contributed by atoms with van der Waals surface area (Å²) in [4.78, 5) is 4.67. The zero-order chi connectivity index (χ0) is 15.0. The molecule has 0 saturated heterocycles. The van der Waals surface area contributed by atoms with Gasteiger partial charge in [-0.1, -0.05) is 37.5 Å². The number of benzene rings is 2. The van der Waals surface area contributed by atoms with Crippen LogP contribution >= 0.6 is 0 Å². The van der Waals surface area contributed by atoms with Crippen molar-refractivity contribution in [2.75, 3.05) is 0 Å². The van der Waals surface area contributed by atoms with E-state index in [2.05, 4.69) is 41.5 Å². The molecule has 1 heterocycles. The molecule has 1 spiro atoms. The lowest BCUT2D eigenvalue weighted by Gasteiger charge is -2.32. The molecule has 0 amide bonds. The van der Waals surface area contributed by atoms with Crippen LogP contribution < -0.4 is 0 Å². The van der Waals surface area contributed by atoms with E-state index < -0.39 is 0 Å². The molecule has 2 aromatic carbocycles. The summed E-state index contributed by atoms with van der Waals surface area (Å²) >= 11 is 0. The van der Waals surface area contributed by atoms with Gasteiger partial charge in [0.1, 0.15) is 0 Å². The standard InChI is InChI=1S/C20H18N2/c21-13-15-5-4-6-16(11-15)17-7-8-19-18(12-17)20(14-22-19)9-2-1-3-10-20/h4-8,11-12,14H,1-3,9-10H2. The summed E-state index contributed by atoms with van der Waals surface area (Å²) in [5.41, 5.74) is 5.68. The summed E-state index contributed by atoms with van der Waals surface area (Å²) in [7, 11) is 0. The van der Waals surface area contributed by atoms with Crippen molar-refractivity contribution >= 4 is 11.9 Å². The molecule has 0 N–H and O–H groups in total. The minimum Gasteiger partial charge on any atom is -0.260 e. The zero-order valence-electron chi connectivity index (χ0n) is 12.5. The largest absolute Gasteiger partial charge is 0.260 e. The molecule has 2 heteroatoms. The summed E-state index contributed by atoms with van der Waals surface area (Å²) in [6, 6.07) is 16.6. The van der Waals surface area contributed by atoms with Gasteiger partial charge in [-0.25, -0.2) is 0 Å². The monoisotopic (exact) mass is 286 g/mol. The third-order valence-corrected chi connectivity index (χ3v) is 5.05. The Hall–Kier alpha value is -2.40. The van der Waals surface area contributed by atoms with Crippen LogP contribution in [0.2, 0.25) is 0 Å². The minimum absolute atomic E-state index is 0.163. The molecule has 1 fully saturated rings. The second-order valence-corrected chi connectivity index (χ2v) is 6.40. The Labute approximate surface area is 131 Å². The highest BCUT2D eigenvalue weighted by molar-refractivity contribution is 5.87. The van der Waals surface area contributed by atoms with Crippen molar-refractivity contribution in [2.24, 2.45) is 4.99 Å². The molecule has 1 aliphatic heterocycles. The van der Waals surface area contributed by atoms with E-state index in [0.717, 1.165) is 11.3 Å². The fraction of sp³-hybridized carbons (Fsp3) is 0.300. The van der Waals surface area contributed by atoms with Crippen molar-refractivity contribution in [3.63, 3.8) is 0 Å². The van der Waals surface area contributed by atoms with Crippen LogP contribution in [-0.2, 0) is 5.41 Å². The summed E-state index contributed by atoms with van der Waals surface area (Å²) < 4.78 is 0. The highest BCUT2D eigenvalue weighted by atomic mass is 14.8. The van der Waals surface area contributed by atoms with Crippen molar-refractivity contribution in [3.05, 3.63) is 53.6 Å². The van der Waals surface area contributed by atoms with Gasteiger partial charge in [-0.05, 0) is 53.8 Å². The fourth-order valence-corrected chi connectivity index (χ4v) is 3.84. The first-order valence-corrected chi connectivity index (χ1v) is 8.01. The van der Waals surface area contributed by atoms with Gasteiger partial charge < -0.3 is 0 Å². The predicted octanol–water partition coefficient (Wildman–Crippen LogP) is 5.14. The van der Waals surface area contributed by atoms with Crippen LogP contribution in [0.3, 0.4) is 0 Å². The summed E-state index contributed by atoms with van der Waals surface area (Å²) in [6.45, 7) is 0. The topological polar surface area (TPSA) is 36.1 Å². The number of aliphatic imine (C=N–C) groups is 1. The van der Waals surface area contributed by atoms with Gasteiger partial charge in [-0.3, -0.25) is 4.99 Å². The molecular formula is C20H18N2. The number of fused-ring (bicyclic) bond motifs is 2. The van der Waals surface area contributed by atoms with Crippen molar-refractivity contribution in [2.45, 2.75) is 37.5 Å². The quantitative estimate of drug-likeness (QED) is 0.714. The second-order valence-electron chi connectivity index (χ2n) is 6.40. The highest BCUT2D eigenvalue weighted by Gasteiger charge is 2.37. The Bertz CT molecular complexity index is 790. The number of nitrogens with zero attached hydrogens (tertiary/aromatic N) is 2. The summed E-state index contributed by atoms with van der Waals surface area (Å²) in [6.07, 6.45) is 8.54. The zero-order valence-corrected chi connectivity index (χ0v) is 12.5. The maximum atomic E-state index is 9.09. The van der Waals surface area contributed by atoms with Crippen molar-refractivity contribution < 1.29 is 0 Å². The number of hydrogen-bond acceptors (Lipinski definition) is 2. The molecular weight excluding hydrogens is 268 g/mol. The Morgan fingerprint density at radius 2 is 1.77 bits per heavy atom. The van der Waals surface area contributed by atoms with Crippen molar-refractivity contribution in [1.29, 1.82) is 5.26 Å². The lowest BCUT2D eigenvalue weighted by atomic mass is 9.70. The molecule has 0 unspecified atom stereocenters. The van der Waals surface area contributed by atoms with Gasteiger partial charge in [-0.2, -0.15) is 5.26 Å². The average molecular weight is 286 g/mol. The van der Waals surface area contributed by atoms with E-state index in [0.29, 0.717) is 5.56 Å². The molecule has 108 valence electrons. The smallest absolute Gasteiger partial charge is 0.0991 e. The van der Waals surface area contributed by atoms with Gasteiger partial charge in [0.05, 0.1) is 17.3 Å². The van der Waals surface area contributed by atoms with Crippen LogP contribution in [0, 0.1) is 11.3 Å². The molecule has 0 atom stereocenters. The molecule has 2 aliphatic rings. The van der Waals surface area contributed by atoms with Gasteiger partial charge in [0.15, 0.2) is 0 Å². The molecule has 0 radical (unpaired) electrons. The molecule has 1 aliphatic carbocycles. The third-order valence-electron chi connectivity index (χ3n) is 5.05. The molecule has 0 bridgehead atoms. The van der Waals surface area contributed by atoms with Crippen LogP contribution in [-0.4, -0.2) is 6.21 Å². The van der Waals surface area contributed by atoms with Crippen LogP contribution in [0.1, 0.15) is 43.2 Å². The van der Waals surface area contributed by atoms with Gasteiger partial charge in [0.25, 0.3) is 0 Å². The van der Waals surface area contributed by atoms with Gasteiger partial charge in [0, 0.05) is 11.6 Å². The Morgan fingerprint density at radius 3 is 2.59 bits per heavy atom. The summed E-state index contributed by atoms with van der Waals surface area (Å²) in [5.74, 6) is 0. The van der Waals surface area contributed by atoms with E-state index in [9.17, 15) is 0 Å². The lowest BCUT2D eigenvalue weighted by Crippen LogP contribution is -2.28. The predicted molar refractivity (Wildman–Crippen MR) is 89.5 cm³/mol. The van der Waals surface area contributed by atoms with Gasteiger partial charge in [-0.15, -0.1) is 0 Å². The first-order chi connectivity index (χ1) is 10.8. The summed E-state index contributed by atoms with van der Waals surface area (Å²) in [5, 5.41) is 9.09. The fourth-order valence-electron chi connectivity index (χ4n) is 3.84. The normalized spacial score (nSPS) is 18.1. The lowest BCUT2D eigenvalue weighted by molar-refractivity contribution is 0.391. The van der Waals surface area contributed by atoms with Crippen molar-refractivity contribution in [3.8, 4) is 17.2 Å². The number of hydrogen-bond donors (Lipinski definition) is 0. The second kappa shape index (κ2) is 5.10. The van der Waals surface area contributed by atoms with E-state index >= 15 is 0 Å². The van der Waals surface area contributed by atoms with Crippen LogP contribution in [0.15, 0.2) is 47.5 Å². The molecule has 4 rings (SSSR count). The first-order valence-electron chi connectivity index (χ1n) is 8.01. The molecule has 0 aromatic heterocycles. The van der Waals surface area contributed by atoms with E-state index in [1.54, 1.807) is 0 Å². The van der Waals surface area contributed by atoms with Crippen molar-refractivity contribution in [1.82, 2.24) is 0 Å². The third kappa shape index (κ3) is 2.05. The first kappa shape index (κ1) is 13.3. The van der Waals surface area contributed by atoms with Gasteiger partial charge in [0.2, 0.25) is 0 Å². The maximum Gasteiger partial charge on any atom is 0.0991 e. The molecule has 2 nitrogen and oxygen atoms in total. The van der Waals surface area contributed by atoms with E-state index in [1.165, 1.54) is 43.2 Å². The molecule has 1 saturated carbocycles. The van der Waals surface area contributed by atoms with Crippen LogP contribution in [0.4, 0.5) is 5.69 Å². The van der Waals surface area contributed by atoms with Crippen LogP contribution in [0.5, 0.6) is 0 Å². The average Bonchev–Trinajstić information content (AvgIpc) is 2.93. The molecule has 22 heavy (non-hydrogen) atoms. The Morgan fingerprint density at radius 1 is 0.955 bits per heavy atom. The van der Waals surface area contributed by atoms with E-state index in [-0.39, 0.29) is 5.41 Å². The van der Waals surface area contributed by atoms with E-state index in [1.807, 2.05) is 18.2 Å². The minimum atomic E-state index is 0.163. The van der Waals surface area contributed by atoms with Crippen LogP contribution in [0.25, 0.3) is 11.1 Å². The highest BCUT2D eigenvalue weighted by Crippen LogP contribution is 2.47. The Kier molecular flexibility index (Phi) is 3.08. The SMILES string of the molecule is N#Cc1cccc(-c2ccc3c(c2)C2(C=N3)CCCCC2)c1. The number of rotatable bonds is 1. The molecule has 2 aromatic rings. The number of nitriles is 1. The van der Waals surface area contributed by atoms with E-state index in [4.69, 9.17) is 5.26 Å². The maximum absolute atomic E-state index is 9.09.